The molecule has 1 amide bonds. The first kappa shape index (κ1) is 29.4. The first-order valence-electron chi connectivity index (χ1n) is 13.0. The van der Waals surface area contributed by atoms with Gasteiger partial charge in [0.2, 0.25) is 5.91 Å². The molecule has 0 aliphatic rings. The lowest BCUT2D eigenvalue weighted by Crippen LogP contribution is -2.17. The number of rotatable bonds is 21. The summed E-state index contributed by atoms with van der Waals surface area (Å²) in [6, 6.07) is 5.68. The van der Waals surface area contributed by atoms with E-state index < -0.39 is 0 Å². The van der Waals surface area contributed by atoms with Crippen molar-refractivity contribution in [3.63, 3.8) is 0 Å². The Morgan fingerprint density at radius 2 is 1.48 bits per heavy atom. The number of benzene rings is 1. The smallest absolute Gasteiger partial charge is 0.240 e. The number of amides is 1. The fourth-order valence-corrected chi connectivity index (χ4v) is 4.17. The minimum Gasteiger partial charge on any atom is -0.489 e. The van der Waals surface area contributed by atoms with Gasteiger partial charge < -0.3 is 4.74 Å². The van der Waals surface area contributed by atoms with Crippen molar-refractivity contribution in [2.45, 2.75) is 110 Å². The molecule has 0 saturated carbocycles. The van der Waals surface area contributed by atoms with Gasteiger partial charge in [0.1, 0.15) is 12.4 Å². The zero-order valence-electron chi connectivity index (χ0n) is 20.8. The van der Waals surface area contributed by atoms with Crippen LogP contribution in [0.3, 0.4) is 0 Å². The lowest BCUT2D eigenvalue weighted by molar-refractivity contribution is -0.121. The Bertz CT molecular complexity index is 676. The Balaban J connectivity index is 2.00. The SMILES string of the molecule is C=CCOc1ccc(Br)cc1/C=N/NC(=O)CCCCCCCCCCCCCCCCC. The summed E-state index contributed by atoms with van der Waals surface area (Å²) >= 11 is 3.45. The number of nitrogens with one attached hydrogen (secondary N) is 1. The summed E-state index contributed by atoms with van der Waals surface area (Å²) in [5.41, 5.74) is 3.43. The van der Waals surface area contributed by atoms with E-state index in [2.05, 4.69) is 40.0 Å². The number of hydrazone groups is 1. The second kappa shape index (κ2) is 20.9. The molecule has 0 saturated heterocycles. The molecule has 5 heteroatoms. The number of nitrogens with zero attached hydrogens (tertiary/aromatic N) is 1. The summed E-state index contributed by atoms with van der Waals surface area (Å²) in [5, 5.41) is 4.09. The maximum Gasteiger partial charge on any atom is 0.240 e. The average molecular weight is 522 g/mol. The molecule has 1 aromatic carbocycles. The summed E-state index contributed by atoms with van der Waals surface area (Å²) in [6.07, 6.45) is 23.7. The van der Waals surface area contributed by atoms with E-state index in [1.165, 1.54) is 83.5 Å². The van der Waals surface area contributed by atoms with Crippen LogP contribution >= 0.6 is 15.9 Å². The van der Waals surface area contributed by atoms with E-state index >= 15 is 0 Å². The first-order chi connectivity index (χ1) is 16.2. The standard InChI is InChI=1S/C28H45BrN2O2/c1-3-5-6-7-8-9-10-11-12-13-14-15-16-17-18-19-28(32)31-30-24-25-23-26(29)20-21-27(25)33-22-4-2/h4,20-21,23-24H,2-3,5-19,22H2,1H3,(H,31,32)/b30-24+. The van der Waals surface area contributed by atoms with Gasteiger partial charge in [-0.25, -0.2) is 5.43 Å². The average Bonchev–Trinajstić information content (AvgIpc) is 2.81. The van der Waals surface area contributed by atoms with Crippen molar-refractivity contribution < 1.29 is 9.53 Å². The third kappa shape index (κ3) is 16.6. The van der Waals surface area contributed by atoms with Crippen LogP contribution in [0.25, 0.3) is 0 Å². The predicted octanol–water partition coefficient (Wildman–Crippen LogP) is 8.73. The van der Waals surface area contributed by atoms with Crippen LogP contribution in [0.1, 0.15) is 115 Å². The van der Waals surface area contributed by atoms with Gasteiger partial charge in [-0.2, -0.15) is 5.10 Å². The Morgan fingerprint density at radius 3 is 2.03 bits per heavy atom. The van der Waals surface area contributed by atoms with Crippen LogP contribution < -0.4 is 10.2 Å². The monoisotopic (exact) mass is 520 g/mol. The van der Waals surface area contributed by atoms with Crippen LogP contribution in [0.5, 0.6) is 5.75 Å². The molecule has 0 bridgehead atoms. The van der Waals surface area contributed by atoms with Gasteiger partial charge in [0.25, 0.3) is 0 Å². The normalized spacial score (nSPS) is 11.1. The molecular weight excluding hydrogens is 476 g/mol. The Labute approximate surface area is 210 Å². The number of carbonyl (C=O) groups is 1. The van der Waals surface area contributed by atoms with Crippen molar-refractivity contribution in [3.8, 4) is 5.75 Å². The van der Waals surface area contributed by atoms with Crippen LogP contribution in [-0.2, 0) is 4.79 Å². The van der Waals surface area contributed by atoms with Gasteiger partial charge in [0.15, 0.2) is 0 Å². The fourth-order valence-electron chi connectivity index (χ4n) is 3.79. The van der Waals surface area contributed by atoms with Gasteiger partial charge in [-0.05, 0) is 24.6 Å². The van der Waals surface area contributed by atoms with Crippen LogP contribution in [0.15, 0.2) is 40.4 Å². The first-order valence-corrected chi connectivity index (χ1v) is 13.8. The van der Waals surface area contributed by atoms with Crippen molar-refractivity contribution in [1.82, 2.24) is 5.43 Å². The molecular formula is C28H45BrN2O2. The molecule has 1 aromatic rings. The summed E-state index contributed by atoms with van der Waals surface area (Å²) < 4.78 is 6.55. The highest BCUT2D eigenvalue weighted by Crippen LogP contribution is 2.22. The van der Waals surface area contributed by atoms with Gasteiger partial charge >= 0.3 is 0 Å². The Morgan fingerprint density at radius 1 is 0.939 bits per heavy atom. The van der Waals surface area contributed by atoms with Crippen molar-refractivity contribution in [2.24, 2.45) is 5.10 Å². The molecule has 0 heterocycles. The van der Waals surface area contributed by atoms with Gasteiger partial charge in [0, 0.05) is 16.5 Å². The third-order valence-corrected chi connectivity index (χ3v) is 6.22. The fraction of sp³-hybridized carbons (Fsp3) is 0.643. The summed E-state index contributed by atoms with van der Waals surface area (Å²) in [7, 11) is 0. The predicted molar refractivity (Wildman–Crippen MR) is 145 cm³/mol. The second-order valence-corrected chi connectivity index (χ2v) is 9.69. The maximum atomic E-state index is 12.0. The molecule has 1 rings (SSSR count). The highest BCUT2D eigenvalue weighted by Gasteiger charge is 2.03. The number of unbranched alkanes of at least 4 members (excludes halogenated alkanes) is 14. The van der Waals surface area contributed by atoms with Crippen molar-refractivity contribution >= 4 is 28.1 Å². The molecule has 4 nitrogen and oxygen atoms in total. The Hall–Kier alpha value is -1.62. The molecule has 0 unspecified atom stereocenters. The Kier molecular flexibility index (Phi) is 18.7. The summed E-state index contributed by atoms with van der Waals surface area (Å²) in [5.74, 6) is 0.669. The highest BCUT2D eigenvalue weighted by molar-refractivity contribution is 9.10. The largest absolute Gasteiger partial charge is 0.489 e. The van der Waals surface area contributed by atoms with Crippen molar-refractivity contribution in [2.75, 3.05) is 6.61 Å². The van der Waals surface area contributed by atoms with E-state index in [4.69, 9.17) is 4.74 Å². The number of hydrogen-bond acceptors (Lipinski definition) is 3. The minimum absolute atomic E-state index is 0.0375. The van der Waals surface area contributed by atoms with Gasteiger partial charge in [-0.3, -0.25) is 4.79 Å². The molecule has 0 fully saturated rings. The zero-order valence-corrected chi connectivity index (χ0v) is 22.3. The summed E-state index contributed by atoms with van der Waals surface area (Å²) in [4.78, 5) is 12.0. The topological polar surface area (TPSA) is 50.7 Å². The lowest BCUT2D eigenvalue weighted by Gasteiger charge is -2.07. The third-order valence-electron chi connectivity index (χ3n) is 5.73. The van der Waals surface area contributed by atoms with Gasteiger partial charge in [-0.15, -0.1) is 0 Å². The number of ether oxygens (including phenoxy) is 1. The van der Waals surface area contributed by atoms with Crippen LogP contribution in [0.2, 0.25) is 0 Å². The lowest BCUT2D eigenvalue weighted by atomic mass is 10.0. The molecule has 1 N–H and O–H groups in total. The van der Waals surface area contributed by atoms with E-state index in [-0.39, 0.29) is 5.91 Å². The van der Waals surface area contributed by atoms with Crippen LogP contribution in [-0.4, -0.2) is 18.7 Å². The van der Waals surface area contributed by atoms with E-state index in [9.17, 15) is 4.79 Å². The second-order valence-electron chi connectivity index (χ2n) is 8.77. The molecule has 0 aromatic heterocycles. The molecule has 0 aliphatic heterocycles. The van der Waals surface area contributed by atoms with E-state index in [0.29, 0.717) is 18.8 Å². The van der Waals surface area contributed by atoms with Gasteiger partial charge in [0.05, 0.1) is 6.21 Å². The molecule has 0 atom stereocenters. The van der Waals surface area contributed by atoms with E-state index in [1.54, 1.807) is 12.3 Å². The molecule has 0 radical (unpaired) electrons. The molecule has 186 valence electrons. The minimum atomic E-state index is -0.0375. The van der Waals surface area contributed by atoms with Crippen LogP contribution in [0.4, 0.5) is 0 Å². The molecule has 33 heavy (non-hydrogen) atoms. The molecule has 0 spiro atoms. The van der Waals surface area contributed by atoms with Crippen LogP contribution in [0, 0.1) is 0 Å². The zero-order chi connectivity index (χ0) is 24.0. The van der Waals surface area contributed by atoms with Crippen molar-refractivity contribution in [3.05, 3.63) is 40.9 Å². The quantitative estimate of drug-likeness (QED) is 0.0761. The van der Waals surface area contributed by atoms with E-state index in [0.717, 1.165) is 22.9 Å². The van der Waals surface area contributed by atoms with E-state index in [1.807, 2.05) is 18.2 Å². The van der Waals surface area contributed by atoms with Gasteiger partial charge in [-0.1, -0.05) is 125 Å². The van der Waals surface area contributed by atoms with Crippen molar-refractivity contribution in [1.29, 1.82) is 0 Å². The number of halogens is 1. The maximum absolute atomic E-state index is 12.0. The summed E-state index contributed by atoms with van der Waals surface area (Å²) in [6.45, 7) is 6.36. The highest BCUT2D eigenvalue weighted by atomic mass is 79.9. The number of hydrogen-bond donors (Lipinski definition) is 1. The number of carbonyl (C=O) groups excluding carboxylic acids is 1. The molecule has 0 aliphatic carbocycles.